The molecule has 2 heterocycles. The molecule has 0 radical (unpaired) electrons. The fraction of sp³-hybridized carbons (Fsp3) is 0.385. The number of rotatable bonds is 4. The lowest BCUT2D eigenvalue weighted by Gasteiger charge is -2.12. The lowest BCUT2D eigenvalue weighted by Crippen LogP contribution is -2.10. The maximum Gasteiger partial charge on any atom is 0.182 e. The van der Waals surface area contributed by atoms with Gasteiger partial charge in [0.1, 0.15) is 6.07 Å². The van der Waals surface area contributed by atoms with Crippen molar-refractivity contribution >= 4 is 17.2 Å². The third-order valence-electron chi connectivity index (χ3n) is 2.63. The first kappa shape index (κ1) is 13.4. The lowest BCUT2D eigenvalue weighted by molar-refractivity contribution is 0.797. The fourth-order valence-electron chi connectivity index (χ4n) is 1.57. The molecule has 0 saturated heterocycles. The largest absolute Gasteiger partial charge is 0.360 e. The summed E-state index contributed by atoms with van der Waals surface area (Å²) >= 11 is 1.65. The van der Waals surface area contributed by atoms with Crippen LogP contribution in [0.4, 0.5) is 5.82 Å². The Morgan fingerprint density at radius 1 is 1.26 bits per heavy atom. The third kappa shape index (κ3) is 3.06. The number of hydrogen-bond acceptors (Lipinski definition) is 6. The minimum absolute atomic E-state index is 0.00690. The summed E-state index contributed by atoms with van der Waals surface area (Å²) in [5, 5.41) is 15.3. The third-order valence-corrected chi connectivity index (χ3v) is 3.80. The quantitative estimate of drug-likeness (QED) is 0.926. The van der Waals surface area contributed by atoms with E-state index in [1.807, 2.05) is 18.4 Å². The molecule has 6 heteroatoms. The summed E-state index contributed by atoms with van der Waals surface area (Å²) in [7, 11) is 0. The molecular formula is C13H15N5S. The van der Waals surface area contributed by atoms with Gasteiger partial charge in [-0.25, -0.2) is 15.0 Å². The number of hydrogen-bond donors (Lipinski definition) is 1. The Hall–Kier alpha value is -2.00. The predicted molar refractivity (Wildman–Crippen MR) is 75.0 cm³/mol. The van der Waals surface area contributed by atoms with E-state index in [0.717, 1.165) is 10.7 Å². The summed E-state index contributed by atoms with van der Waals surface area (Å²) in [4.78, 5) is 12.7. The number of nitrogens with one attached hydrogen (secondary N) is 1. The van der Waals surface area contributed by atoms with Gasteiger partial charge in [0, 0.05) is 23.7 Å². The molecule has 98 valence electrons. The molecule has 0 unspecified atom stereocenters. The SMILES string of the molecule is CC(C)c1nc([C@@H](C)Nc2nccnc2C#N)cs1. The van der Waals surface area contributed by atoms with Gasteiger partial charge in [0.15, 0.2) is 11.5 Å². The van der Waals surface area contributed by atoms with Crippen LogP contribution in [0, 0.1) is 11.3 Å². The van der Waals surface area contributed by atoms with Crippen molar-refractivity contribution < 1.29 is 0 Å². The Bertz CT molecular complexity index is 599. The van der Waals surface area contributed by atoms with Crippen molar-refractivity contribution in [2.75, 3.05) is 5.32 Å². The highest BCUT2D eigenvalue weighted by Gasteiger charge is 2.14. The number of nitriles is 1. The second kappa shape index (κ2) is 5.76. The zero-order valence-electron chi connectivity index (χ0n) is 11.1. The van der Waals surface area contributed by atoms with Crippen LogP contribution in [0.25, 0.3) is 0 Å². The van der Waals surface area contributed by atoms with E-state index in [1.165, 1.54) is 6.20 Å². The van der Waals surface area contributed by atoms with Crippen LogP contribution >= 0.6 is 11.3 Å². The molecule has 0 aliphatic rings. The van der Waals surface area contributed by atoms with E-state index >= 15 is 0 Å². The highest BCUT2D eigenvalue weighted by molar-refractivity contribution is 7.09. The summed E-state index contributed by atoms with van der Waals surface area (Å²) in [5.41, 5.74) is 1.26. The molecule has 19 heavy (non-hydrogen) atoms. The Morgan fingerprint density at radius 3 is 2.63 bits per heavy atom. The normalized spacial score (nSPS) is 12.2. The minimum atomic E-state index is -0.00690. The van der Waals surface area contributed by atoms with Gasteiger partial charge < -0.3 is 5.32 Å². The van der Waals surface area contributed by atoms with Gasteiger partial charge in [-0.1, -0.05) is 13.8 Å². The van der Waals surface area contributed by atoms with Crippen molar-refractivity contribution in [2.45, 2.75) is 32.7 Å². The molecule has 2 rings (SSSR count). The van der Waals surface area contributed by atoms with E-state index in [9.17, 15) is 0 Å². The first-order valence-electron chi connectivity index (χ1n) is 6.04. The molecule has 0 bridgehead atoms. The molecular weight excluding hydrogens is 258 g/mol. The van der Waals surface area contributed by atoms with Gasteiger partial charge in [-0.05, 0) is 6.92 Å². The Morgan fingerprint density at radius 2 is 2.00 bits per heavy atom. The van der Waals surface area contributed by atoms with Gasteiger partial charge in [0.2, 0.25) is 0 Å². The van der Waals surface area contributed by atoms with Crippen LogP contribution < -0.4 is 5.32 Å². The molecule has 5 nitrogen and oxygen atoms in total. The molecule has 0 aliphatic heterocycles. The van der Waals surface area contributed by atoms with Gasteiger partial charge in [-0.2, -0.15) is 5.26 Å². The van der Waals surface area contributed by atoms with Crippen molar-refractivity contribution in [3.63, 3.8) is 0 Å². The Kier molecular flexibility index (Phi) is 4.07. The molecule has 2 aromatic rings. The van der Waals surface area contributed by atoms with E-state index in [1.54, 1.807) is 17.5 Å². The van der Waals surface area contributed by atoms with E-state index in [2.05, 4.69) is 34.1 Å². The number of aromatic nitrogens is 3. The van der Waals surface area contributed by atoms with Gasteiger partial charge >= 0.3 is 0 Å². The second-order valence-corrected chi connectivity index (χ2v) is 5.39. The summed E-state index contributed by atoms with van der Waals surface area (Å²) in [6, 6.07) is 2.02. The highest BCUT2D eigenvalue weighted by atomic mass is 32.1. The van der Waals surface area contributed by atoms with E-state index in [0.29, 0.717) is 17.4 Å². The molecule has 0 aromatic carbocycles. The summed E-state index contributed by atoms with van der Waals surface area (Å²) in [6.45, 7) is 6.24. The van der Waals surface area contributed by atoms with E-state index in [4.69, 9.17) is 5.26 Å². The van der Waals surface area contributed by atoms with Crippen LogP contribution in [0.5, 0.6) is 0 Å². The first-order chi connectivity index (χ1) is 9.11. The highest BCUT2D eigenvalue weighted by Crippen LogP contribution is 2.24. The topological polar surface area (TPSA) is 74.5 Å². The van der Waals surface area contributed by atoms with Crippen molar-refractivity contribution in [2.24, 2.45) is 0 Å². The lowest BCUT2D eigenvalue weighted by atomic mass is 10.2. The zero-order chi connectivity index (χ0) is 13.8. The monoisotopic (exact) mass is 273 g/mol. The molecule has 0 amide bonds. The van der Waals surface area contributed by atoms with Gasteiger partial charge in [-0.15, -0.1) is 11.3 Å². The first-order valence-corrected chi connectivity index (χ1v) is 6.92. The van der Waals surface area contributed by atoms with Crippen LogP contribution in [0.3, 0.4) is 0 Å². The van der Waals surface area contributed by atoms with E-state index < -0.39 is 0 Å². The van der Waals surface area contributed by atoms with Crippen molar-refractivity contribution in [1.82, 2.24) is 15.0 Å². The molecule has 1 N–H and O–H groups in total. The average molecular weight is 273 g/mol. The van der Waals surface area contributed by atoms with Gasteiger partial charge in [0.05, 0.1) is 16.7 Å². The molecule has 0 spiro atoms. The van der Waals surface area contributed by atoms with Crippen LogP contribution in [0.2, 0.25) is 0 Å². The summed E-state index contributed by atoms with van der Waals surface area (Å²) in [5.74, 6) is 0.925. The number of thiazole rings is 1. The van der Waals surface area contributed by atoms with Crippen LogP contribution in [-0.4, -0.2) is 15.0 Å². The van der Waals surface area contributed by atoms with Gasteiger partial charge in [0.25, 0.3) is 0 Å². The van der Waals surface area contributed by atoms with Crippen LogP contribution in [-0.2, 0) is 0 Å². The molecule has 0 saturated carbocycles. The Balaban J connectivity index is 2.16. The van der Waals surface area contributed by atoms with Crippen molar-refractivity contribution in [3.05, 3.63) is 34.2 Å². The number of nitrogens with zero attached hydrogens (tertiary/aromatic N) is 4. The number of anilines is 1. The van der Waals surface area contributed by atoms with Crippen LogP contribution in [0.15, 0.2) is 17.8 Å². The minimum Gasteiger partial charge on any atom is -0.360 e. The average Bonchev–Trinajstić information content (AvgIpc) is 2.89. The summed E-state index contributed by atoms with van der Waals surface area (Å²) in [6.07, 6.45) is 3.07. The maximum absolute atomic E-state index is 8.97. The smallest absolute Gasteiger partial charge is 0.182 e. The molecule has 0 fully saturated rings. The van der Waals surface area contributed by atoms with E-state index in [-0.39, 0.29) is 6.04 Å². The molecule has 2 aromatic heterocycles. The summed E-state index contributed by atoms with van der Waals surface area (Å²) < 4.78 is 0. The second-order valence-electron chi connectivity index (χ2n) is 4.50. The Labute approximate surface area is 116 Å². The molecule has 0 aliphatic carbocycles. The standard InChI is InChI=1S/C13H15N5S/c1-8(2)13-18-11(7-19-13)9(3)17-12-10(6-14)15-4-5-16-12/h4-5,7-9H,1-3H3,(H,16,17)/t9-/m1/s1. The van der Waals surface area contributed by atoms with Crippen molar-refractivity contribution in [1.29, 1.82) is 5.26 Å². The molecule has 1 atom stereocenters. The predicted octanol–water partition coefficient (Wildman–Crippen LogP) is 3.10. The van der Waals surface area contributed by atoms with Crippen LogP contribution in [0.1, 0.15) is 49.1 Å². The fourth-order valence-corrected chi connectivity index (χ4v) is 2.50. The van der Waals surface area contributed by atoms with Crippen molar-refractivity contribution in [3.8, 4) is 6.07 Å². The van der Waals surface area contributed by atoms with Gasteiger partial charge in [-0.3, -0.25) is 0 Å². The zero-order valence-corrected chi connectivity index (χ0v) is 11.9. The maximum atomic E-state index is 8.97.